The Balaban J connectivity index is 2.03. The van der Waals surface area contributed by atoms with Gasteiger partial charge in [-0.25, -0.2) is 8.42 Å². The first-order valence-corrected chi connectivity index (χ1v) is 8.48. The Bertz CT molecular complexity index is 547. The summed E-state index contributed by atoms with van der Waals surface area (Å²) in [7, 11) is -2.87. The molecule has 1 aromatic carbocycles. The Morgan fingerprint density at radius 1 is 1.47 bits per heavy atom. The number of rotatable bonds is 5. The van der Waals surface area contributed by atoms with E-state index in [4.69, 9.17) is 22.1 Å². The van der Waals surface area contributed by atoms with Crippen molar-refractivity contribution in [2.75, 3.05) is 18.1 Å². The second kappa shape index (κ2) is 5.69. The first kappa shape index (κ1) is 14.6. The topological polar surface area (TPSA) is 69.4 Å². The van der Waals surface area contributed by atoms with E-state index < -0.39 is 9.84 Å². The van der Waals surface area contributed by atoms with Gasteiger partial charge in [-0.05, 0) is 36.6 Å². The zero-order valence-corrected chi connectivity index (χ0v) is 12.4. The van der Waals surface area contributed by atoms with Crippen LogP contribution in [0.25, 0.3) is 0 Å². The number of hydrogen-bond acceptors (Lipinski definition) is 4. The Morgan fingerprint density at radius 2 is 2.16 bits per heavy atom. The predicted octanol–water partition coefficient (Wildman–Crippen LogP) is 1.97. The minimum Gasteiger partial charge on any atom is -0.487 e. The van der Waals surface area contributed by atoms with Gasteiger partial charge in [-0.15, -0.1) is 0 Å². The minimum absolute atomic E-state index is 0.0780. The molecule has 0 bridgehead atoms. The normalized spacial score (nSPS) is 19.7. The molecule has 1 atom stereocenters. The highest BCUT2D eigenvalue weighted by atomic mass is 35.5. The number of halogens is 1. The Labute approximate surface area is 118 Å². The largest absolute Gasteiger partial charge is 0.487 e. The fourth-order valence-corrected chi connectivity index (χ4v) is 3.51. The molecule has 0 spiro atoms. The monoisotopic (exact) mass is 303 g/mol. The van der Waals surface area contributed by atoms with Crippen LogP contribution >= 0.6 is 11.6 Å². The molecule has 1 unspecified atom stereocenters. The van der Waals surface area contributed by atoms with Gasteiger partial charge in [-0.1, -0.05) is 24.6 Å². The number of benzene rings is 1. The molecule has 0 aliphatic carbocycles. The van der Waals surface area contributed by atoms with Crippen LogP contribution in [0, 0.1) is 0 Å². The summed E-state index contributed by atoms with van der Waals surface area (Å²) < 4.78 is 27.7. The lowest BCUT2D eigenvalue weighted by molar-refractivity contribution is 0.230. The van der Waals surface area contributed by atoms with Crippen LogP contribution in [0.1, 0.15) is 24.8 Å². The van der Waals surface area contributed by atoms with Crippen LogP contribution in [0.3, 0.4) is 0 Å². The number of sulfone groups is 1. The predicted molar refractivity (Wildman–Crippen MR) is 76.6 cm³/mol. The summed E-state index contributed by atoms with van der Waals surface area (Å²) in [5, 5.41) is 0.519. The van der Waals surface area contributed by atoms with Gasteiger partial charge in [-0.2, -0.15) is 0 Å². The molecule has 1 heterocycles. The summed E-state index contributed by atoms with van der Waals surface area (Å²) in [6.07, 6.45) is 0.632. The summed E-state index contributed by atoms with van der Waals surface area (Å²) >= 11 is 6.16. The smallest absolute Gasteiger partial charge is 0.157 e. The Hall–Kier alpha value is -0.780. The highest BCUT2D eigenvalue weighted by Gasteiger charge is 2.35. The van der Waals surface area contributed by atoms with E-state index in [2.05, 4.69) is 6.92 Å². The van der Waals surface area contributed by atoms with Crippen LogP contribution in [-0.2, 0) is 9.84 Å². The average molecular weight is 304 g/mol. The number of hydrogen-bond donors (Lipinski definition) is 1. The fourth-order valence-electron chi connectivity index (χ4n) is 2.10. The van der Waals surface area contributed by atoms with E-state index in [1.165, 1.54) is 0 Å². The molecule has 0 amide bonds. The number of ether oxygens (including phenoxy) is 1. The van der Waals surface area contributed by atoms with Crippen molar-refractivity contribution in [1.29, 1.82) is 0 Å². The average Bonchev–Trinajstić information content (AvgIpc) is 2.29. The molecule has 1 fully saturated rings. The van der Waals surface area contributed by atoms with E-state index in [9.17, 15) is 8.42 Å². The van der Waals surface area contributed by atoms with Crippen molar-refractivity contribution in [3.05, 3.63) is 28.8 Å². The summed E-state index contributed by atoms with van der Waals surface area (Å²) in [5.41, 5.74) is 6.65. The Morgan fingerprint density at radius 3 is 2.68 bits per heavy atom. The summed E-state index contributed by atoms with van der Waals surface area (Å²) in [6.45, 7) is 2.73. The zero-order valence-electron chi connectivity index (χ0n) is 10.8. The lowest BCUT2D eigenvalue weighted by Gasteiger charge is -2.27. The van der Waals surface area contributed by atoms with Gasteiger partial charge >= 0.3 is 0 Å². The fraction of sp³-hybridized carbons (Fsp3) is 0.538. The molecule has 19 heavy (non-hydrogen) atoms. The van der Waals surface area contributed by atoms with E-state index in [0.29, 0.717) is 23.2 Å². The lowest BCUT2D eigenvalue weighted by atomic mass is 9.98. The summed E-state index contributed by atoms with van der Waals surface area (Å²) in [5.74, 6) is 1.05. The highest BCUT2D eigenvalue weighted by Crippen LogP contribution is 2.31. The summed E-state index contributed by atoms with van der Waals surface area (Å²) in [4.78, 5) is 0. The molecule has 0 saturated carbocycles. The van der Waals surface area contributed by atoms with Gasteiger partial charge in [0.15, 0.2) is 9.84 Å². The zero-order chi connectivity index (χ0) is 14.0. The molecular weight excluding hydrogens is 286 g/mol. The molecule has 0 aromatic heterocycles. The van der Waals surface area contributed by atoms with Crippen LogP contribution < -0.4 is 10.5 Å². The van der Waals surface area contributed by atoms with Crippen molar-refractivity contribution in [2.24, 2.45) is 5.73 Å². The third kappa shape index (κ3) is 3.61. The van der Waals surface area contributed by atoms with E-state index >= 15 is 0 Å². The van der Waals surface area contributed by atoms with Crippen molar-refractivity contribution in [3.63, 3.8) is 0 Å². The van der Waals surface area contributed by atoms with Gasteiger partial charge in [-0.3, -0.25) is 0 Å². The Kier molecular flexibility index (Phi) is 4.38. The molecule has 2 N–H and O–H groups in total. The maximum Gasteiger partial charge on any atom is 0.157 e. The van der Waals surface area contributed by atoms with Crippen LogP contribution in [-0.4, -0.2) is 32.6 Å². The van der Waals surface area contributed by atoms with Gasteiger partial charge < -0.3 is 10.5 Å². The van der Waals surface area contributed by atoms with Crippen molar-refractivity contribution >= 4 is 21.4 Å². The maximum atomic E-state index is 11.1. The first-order valence-electron chi connectivity index (χ1n) is 6.28. The molecule has 2 rings (SSSR count). The van der Waals surface area contributed by atoms with Crippen LogP contribution in [0.4, 0.5) is 0 Å². The van der Waals surface area contributed by atoms with Gasteiger partial charge in [0, 0.05) is 0 Å². The van der Waals surface area contributed by atoms with Crippen molar-refractivity contribution < 1.29 is 13.2 Å². The second-order valence-electron chi connectivity index (χ2n) is 4.99. The van der Waals surface area contributed by atoms with Crippen molar-refractivity contribution in [3.8, 4) is 5.75 Å². The molecule has 1 saturated heterocycles. The molecule has 1 aliphatic heterocycles. The van der Waals surface area contributed by atoms with E-state index in [-0.39, 0.29) is 17.6 Å². The standard InChI is InChI=1S/C13H18ClNO3S/c1-9(4-5-15)10-2-3-13(12(14)6-10)18-11-7-19(16,17)8-11/h2-3,6,9,11H,4-5,7-8,15H2,1H3. The minimum atomic E-state index is -2.87. The number of nitrogens with two attached hydrogens (primary N) is 1. The van der Waals surface area contributed by atoms with Gasteiger partial charge in [0.2, 0.25) is 0 Å². The molecule has 1 aromatic rings. The lowest BCUT2D eigenvalue weighted by Crippen LogP contribution is -2.45. The molecule has 4 nitrogen and oxygen atoms in total. The van der Waals surface area contributed by atoms with E-state index in [0.717, 1.165) is 12.0 Å². The molecular formula is C13H18ClNO3S. The van der Waals surface area contributed by atoms with Crippen LogP contribution in [0.5, 0.6) is 5.75 Å². The van der Waals surface area contributed by atoms with Gasteiger partial charge in [0.1, 0.15) is 11.9 Å². The molecule has 6 heteroatoms. The van der Waals surface area contributed by atoms with Gasteiger partial charge in [0.25, 0.3) is 0 Å². The van der Waals surface area contributed by atoms with E-state index in [1.54, 1.807) is 6.07 Å². The quantitative estimate of drug-likeness (QED) is 0.903. The molecule has 1 aliphatic rings. The van der Waals surface area contributed by atoms with Gasteiger partial charge in [0.05, 0.1) is 16.5 Å². The maximum absolute atomic E-state index is 11.1. The van der Waals surface area contributed by atoms with Crippen LogP contribution in [0.2, 0.25) is 5.02 Å². The molecule has 0 radical (unpaired) electrons. The SMILES string of the molecule is CC(CCN)c1ccc(OC2CS(=O)(=O)C2)c(Cl)c1. The molecule has 106 valence electrons. The van der Waals surface area contributed by atoms with Crippen LogP contribution in [0.15, 0.2) is 18.2 Å². The first-order chi connectivity index (χ1) is 8.91. The van der Waals surface area contributed by atoms with Crippen molar-refractivity contribution in [1.82, 2.24) is 0 Å². The summed E-state index contributed by atoms with van der Waals surface area (Å²) in [6, 6.07) is 5.62. The third-order valence-electron chi connectivity index (χ3n) is 3.30. The third-order valence-corrected chi connectivity index (χ3v) is 5.35. The van der Waals surface area contributed by atoms with Crippen molar-refractivity contribution in [2.45, 2.75) is 25.4 Å². The second-order valence-corrected chi connectivity index (χ2v) is 7.55. The highest BCUT2D eigenvalue weighted by molar-refractivity contribution is 7.92. The van der Waals surface area contributed by atoms with E-state index in [1.807, 2.05) is 12.1 Å².